The van der Waals surface area contributed by atoms with Crippen molar-refractivity contribution in [2.24, 2.45) is 0 Å². The van der Waals surface area contributed by atoms with Crippen LogP contribution in [-0.2, 0) is 4.79 Å². The van der Waals surface area contributed by atoms with Crippen molar-refractivity contribution in [2.75, 3.05) is 39.3 Å². The van der Waals surface area contributed by atoms with E-state index in [9.17, 15) is 4.79 Å². The molecule has 1 amide bonds. The number of rotatable bonds is 7. The van der Waals surface area contributed by atoms with Gasteiger partial charge in [-0.05, 0) is 38.1 Å². The van der Waals surface area contributed by atoms with Crippen molar-refractivity contribution in [3.8, 4) is 5.75 Å². The normalized spacial score (nSPS) is 17.0. The molecule has 0 spiro atoms. The number of piperazine rings is 1. The molecule has 1 fully saturated rings. The van der Waals surface area contributed by atoms with Crippen molar-refractivity contribution in [2.45, 2.75) is 19.4 Å². The smallest absolute Gasteiger partial charge is 0.260 e. The van der Waals surface area contributed by atoms with Crippen molar-refractivity contribution < 1.29 is 9.53 Å². The van der Waals surface area contributed by atoms with Gasteiger partial charge in [-0.3, -0.25) is 4.79 Å². The van der Waals surface area contributed by atoms with E-state index < -0.39 is 6.10 Å². The highest BCUT2D eigenvalue weighted by molar-refractivity contribution is 6.30. The summed E-state index contributed by atoms with van der Waals surface area (Å²) in [6.07, 6.45) is 0.424. The lowest BCUT2D eigenvalue weighted by Gasteiger charge is -2.27. The zero-order chi connectivity index (χ0) is 15.8. The summed E-state index contributed by atoms with van der Waals surface area (Å²) < 4.78 is 5.59. The number of benzene rings is 1. The van der Waals surface area contributed by atoms with Gasteiger partial charge in [0.15, 0.2) is 6.10 Å². The maximum Gasteiger partial charge on any atom is 0.260 e. The Morgan fingerprint density at radius 2 is 2.23 bits per heavy atom. The first kappa shape index (κ1) is 17.1. The molecule has 1 aromatic rings. The van der Waals surface area contributed by atoms with E-state index in [1.54, 1.807) is 31.2 Å². The van der Waals surface area contributed by atoms with Crippen molar-refractivity contribution in [1.82, 2.24) is 15.5 Å². The number of amides is 1. The Morgan fingerprint density at radius 1 is 1.45 bits per heavy atom. The molecular weight excluding hydrogens is 302 g/mol. The van der Waals surface area contributed by atoms with E-state index in [-0.39, 0.29) is 5.91 Å². The third-order valence-corrected chi connectivity index (χ3v) is 3.87. The van der Waals surface area contributed by atoms with Crippen LogP contribution in [-0.4, -0.2) is 56.2 Å². The van der Waals surface area contributed by atoms with Crippen molar-refractivity contribution in [3.63, 3.8) is 0 Å². The molecule has 0 saturated carbocycles. The molecular formula is C16H24ClN3O2. The molecule has 1 unspecified atom stereocenters. The van der Waals surface area contributed by atoms with Crippen molar-refractivity contribution >= 4 is 17.5 Å². The van der Waals surface area contributed by atoms with Crippen LogP contribution in [0.5, 0.6) is 5.75 Å². The lowest BCUT2D eigenvalue weighted by Crippen LogP contribution is -2.44. The minimum absolute atomic E-state index is 0.0970. The molecule has 1 heterocycles. The first-order valence-electron chi connectivity index (χ1n) is 7.78. The van der Waals surface area contributed by atoms with Gasteiger partial charge in [-0.25, -0.2) is 0 Å². The quantitative estimate of drug-likeness (QED) is 0.746. The van der Waals surface area contributed by atoms with E-state index >= 15 is 0 Å². The highest BCUT2D eigenvalue weighted by Crippen LogP contribution is 2.18. The Hall–Kier alpha value is -1.30. The zero-order valence-electron chi connectivity index (χ0n) is 13.0. The molecule has 1 aliphatic heterocycles. The van der Waals surface area contributed by atoms with Crippen LogP contribution in [0.3, 0.4) is 0 Å². The summed E-state index contributed by atoms with van der Waals surface area (Å²) in [5.41, 5.74) is 0. The molecule has 2 N–H and O–H groups in total. The number of carbonyl (C=O) groups is 1. The van der Waals surface area contributed by atoms with Gasteiger partial charge < -0.3 is 20.3 Å². The van der Waals surface area contributed by atoms with E-state index in [0.717, 1.165) is 39.1 Å². The predicted octanol–water partition coefficient (Wildman–Crippen LogP) is 1.52. The summed E-state index contributed by atoms with van der Waals surface area (Å²) in [7, 11) is 0. The second-order valence-corrected chi connectivity index (χ2v) is 5.89. The molecule has 22 heavy (non-hydrogen) atoms. The first-order valence-corrected chi connectivity index (χ1v) is 8.16. The molecule has 0 bridgehead atoms. The van der Waals surface area contributed by atoms with Crippen LogP contribution in [0.4, 0.5) is 0 Å². The summed E-state index contributed by atoms with van der Waals surface area (Å²) in [4.78, 5) is 14.4. The third kappa shape index (κ3) is 5.83. The van der Waals surface area contributed by atoms with Crippen LogP contribution in [0.15, 0.2) is 24.3 Å². The number of ether oxygens (including phenoxy) is 1. The minimum atomic E-state index is -0.530. The SMILES string of the molecule is CC(Oc1cccc(Cl)c1)C(=O)NCCCN1CCNCC1. The van der Waals surface area contributed by atoms with Crippen LogP contribution in [0.2, 0.25) is 5.02 Å². The van der Waals surface area contributed by atoms with E-state index in [1.165, 1.54) is 0 Å². The molecule has 2 rings (SSSR count). The highest BCUT2D eigenvalue weighted by atomic mass is 35.5. The van der Waals surface area contributed by atoms with Crippen LogP contribution in [0.25, 0.3) is 0 Å². The number of nitrogens with zero attached hydrogens (tertiary/aromatic N) is 1. The number of carbonyl (C=O) groups excluding carboxylic acids is 1. The van der Waals surface area contributed by atoms with Crippen molar-refractivity contribution in [3.05, 3.63) is 29.3 Å². The van der Waals surface area contributed by atoms with E-state index in [2.05, 4.69) is 15.5 Å². The van der Waals surface area contributed by atoms with Gasteiger partial charge >= 0.3 is 0 Å². The Morgan fingerprint density at radius 3 is 2.95 bits per heavy atom. The largest absolute Gasteiger partial charge is 0.481 e. The summed E-state index contributed by atoms with van der Waals surface area (Å²) in [5, 5.41) is 6.84. The Balaban J connectivity index is 1.63. The van der Waals surface area contributed by atoms with Crippen molar-refractivity contribution in [1.29, 1.82) is 0 Å². The standard InChI is InChI=1S/C16H24ClN3O2/c1-13(22-15-5-2-4-14(17)12-15)16(21)19-6-3-9-20-10-7-18-8-11-20/h2,4-5,12-13,18H,3,6-11H2,1H3,(H,19,21). The molecule has 1 saturated heterocycles. The summed E-state index contributed by atoms with van der Waals surface area (Å²) >= 11 is 5.89. The van der Waals surface area contributed by atoms with Crippen LogP contribution in [0, 0.1) is 0 Å². The average Bonchev–Trinajstić information content (AvgIpc) is 2.52. The molecule has 0 aliphatic carbocycles. The lowest BCUT2D eigenvalue weighted by molar-refractivity contribution is -0.127. The molecule has 5 nitrogen and oxygen atoms in total. The van der Waals surface area contributed by atoms with Gasteiger partial charge in [-0.2, -0.15) is 0 Å². The molecule has 1 aromatic carbocycles. The van der Waals surface area contributed by atoms with Gasteiger partial charge in [-0.1, -0.05) is 17.7 Å². The molecule has 1 atom stereocenters. The predicted molar refractivity (Wildman–Crippen MR) is 88.5 cm³/mol. The summed E-state index contributed by atoms with van der Waals surface area (Å²) in [6.45, 7) is 7.71. The second kappa shape index (κ2) is 8.98. The van der Waals surface area contributed by atoms with Gasteiger partial charge in [0.2, 0.25) is 0 Å². The fourth-order valence-electron chi connectivity index (χ4n) is 2.39. The van der Waals surface area contributed by atoms with Crippen LogP contribution in [0.1, 0.15) is 13.3 Å². The number of hydrogen-bond acceptors (Lipinski definition) is 4. The minimum Gasteiger partial charge on any atom is -0.481 e. The van der Waals surface area contributed by atoms with E-state index in [4.69, 9.17) is 16.3 Å². The first-order chi connectivity index (χ1) is 10.6. The third-order valence-electron chi connectivity index (χ3n) is 3.64. The number of halogens is 1. The van der Waals surface area contributed by atoms with E-state index in [0.29, 0.717) is 17.3 Å². The Labute approximate surface area is 137 Å². The fourth-order valence-corrected chi connectivity index (χ4v) is 2.57. The molecule has 0 aromatic heterocycles. The van der Waals surface area contributed by atoms with E-state index in [1.807, 2.05) is 0 Å². The van der Waals surface area contributed by atoms with Crippen LogP contribution < -0.4 is 15.4 Å². The average molecular weight is 326 g/mol. The zero-order valence-corrected chi connectivity index (χ0v) is 13.7. The lowest BCUT2D eigenvalue weighted by atomic mass is 10.3. The monoisotopic (exact) mass is 325 g/mol. The maximum atomic E-state index is 12.0. The highest BCUT2D eigenvalue weighted by Gasteiger charge is 2.14. The summed E-state index contributed by atoms with van der Waals surface area (Å²) in [6, 6.07) is 7.07. The Bertz CT molecular complexity index is 478. The number of nitrogens with one attached hydrogen (secondary N) is 2. The molecule has 122 valence electrons. The maximum absolute atomic E-state index is 12.0. The molecule has 6 heteroatoms. The second-order valence-electron chi connectivity index (χ2n) is 5.45. The van der Waals surface area contributed by atoms with Crippen LogP contribution >= 0.6 is 11.6 Å². The summed E-state index contributed by atoms with van der Waals surface area (Å²) in [5.74, 6) is 0.510. The Kier molecular flexibility index (Phi) is 6.96. The molecule has 0 radical (unpaired) electrons. The van der Waals surface area contributed by atoms with Gasteiger partial charge in [0.25, 0.3) is 5.91 Å². The van der Waals surface area contributed by atoms with Gasteiger partial charge in [0, 0.05) is 37.7 Å². The van der Waals surface area contributed by atoms with Gasteiger partial charge in [-0.15, -0.1) is 0 Å². The van der Waals surface area contributed by atoms with Gasteiger partial charge in [0.05, 0.1) is 0 Å². The number of hydrogen-bond donors (Lipinski definition) is 2. The molecule has 1 aliphatic rings. The fraction of sp³-hybridized carbons (Fsp3) is 0.562. The topological polar surface area (TPSA) is 53.6 Å². The van der Waals surface area contributed by atoms with Gasteiger partial charge in [0.1, 0.15) is 5.75 Å².